The van der Waals surface area contributed by atoms with Crippen molar-refractivity contribution in [1.82, 2.24) is 10.2 Å². The lowest BCUT2D eigenvalue weighted by atomic mass is 10.1. The molecule has 3 amide bonds. The maximum Gasteiger partial charge on any atom is 0.325 e. The van der Waals surface area contributed by atoms with Gasteiger partial charge < -0.3 is 5.32 Å². The second-order valence-corrected chi connectivity index (χ2v) is 6.59. The van der Waals surface area contributed by atoms with Crippen molar-refractivity contribution in [1.29, 1.82) is 0 Å². The standard InChI is InChI=1S/C14H17N3O4S/c1-14(2)12(18)16(13(19)15-14)7-8-22-9-10-3-5-11(6-4-10)17(20)21/h3-6H,7-9H2,1-2H3,(H,15,19). The number of urea groups is 1. The summed E-state index contributed by atoms with van der Waals surface area (Å²) in [5, 5.41) is 13.2. The van der Waals surface area contributed by atoms with Gasteiger partial charge in [-0.3, -0.25) is 19.8 Å². The molecule has 0 bridgehead atoms. The lowest BCUT2D eigenvalue weighted by Gasteiger charge is -2.15. The summed E-state index contributed by atoms with van der Waals surface area (Å²) < 4.78 is 0. The number of carbonyl (C=O) groups is 2. The Labute approximate surface area is 132 Å². The third-order valence-corrected chi connectivity index (χ3v) is 4.33. The van der Waals surface area contributed by atoms with Crippen molar-refractivity contribution in [2.24, 2.45) is 0 Å². The van der Waals surface area contributed by atoms with Crippen LogP contribution in [0.3, 0.4) is 0 Å². The van der Waals surface area contributed by atoms with Gasteiger partial charge in [0.05, 0.1) is 4.92 Å². The normalized spacial score (nSPS) is 16.7. The number of thioether (sulfide) groups is 1. The molecule has 1 heterocycles. The number of imide groups is 1. The molecule has 7 nitrogen and oxygen atoms in total. The third-order valence-electron chi connectivity index (χ3n) is 3.32. The molecule has 118 valence electrons. The first-order valence-electron chi connectivity index (χ1n) is 6.76. The molecule has 1 aliphatic heterocycles. The highest BCUT2D eigenvalue weighted by Crippen LogP contribution is 2.19. The lowest BCUT2D eigenvalue weighted by molar-refractivity contribution is -0.384. The van der Waals surface area contributed by atoms with E-state index in [4.69, 9.17) is 0 Å². The monoisotopic (exact) mass is 323 g/mol. The van der Waals surface area contributed by atoms with Crippen molar-refractivity contribution in [3.05, 3.63) is 39.9 Å². The van der Waals surface area contributed by atoms with E-state index >= 15 is 0 Å². The Morgan fingerprint density at radius 2 is 1.91 bits per heavy atom. The number of amides is 3. The molecule has 0 aromatic heterocycles. The SMILES string of the molecule is CC1(C)NC(=O)N(CCSCc2ccc([N+](=O)[O-])cc2)C1=O. The summed E-state index contributed by atoms with van der Waals surface area (Å²) in [6.07, 6.45) is 0. The molecule has 1 N–H and O–H groups in total. The molecule has 0 radical (unpaired) electrons. The molecule has 1 fully saturated rings. The highest BCUT2D eigenvalue weighted by atomic mass is 32.2. The van der Waals surface area contributed by atoms with Crippen LogP contribution >= 0.6 is 11.8 Å². The van der Waals surface area contributed by atoms with Crippen molar-refractivity contribution < 1.29 is 14.5 Å². The summed E-state index contributed by atoms with van der Waals surface area (Å²) in [4.78, 5) is 35.0. The zero-order chi connectivity index (χ0) is 16.3. The summed E-state index contributed by atoms with van der Waals surface area (Å²) >= 11 is 1.57. The molecular weight excluding hydrogens is 306 g/mol. The molecule has 0 spiro atoms. The highest BCUT2D eigenvalue weighted by Gasteiger charge is 2.43. The van der Waals surface area contributed by atoms with Crippen LogP contribution in [0.1, 0.15) is 19.4 Å². The fourth-order valence-electron chi connectivity index (χ4n) is 2.08. The molecule has 8 heteroatoms. The minimum absolute atomic E-state index is 0.0651. The summed E-state index contributed by atoms with van der Waals surface area (Å²) in [7, 11) is 0. The number of benzene rings is 1. The Morgan fingerprint density at radius 1 is 1.27 bits per heavy atom. The average molecular weight is 323 g/mol. The topological polar surface area (TPSA) is 92.6 Å². The van der Waals surface area contributed by atoms with E-state index < -0.39 is 10.5 Å². The Bertz CT molecular complexity index is 601. The number of nitro benzene ring substituents is 1. The van der Waals surface area contributed by atoms with Crippen molar-refractivity contribution in [3.63, 3.8) is 0 Å². The zero-order valence-electron chi connectivity index (χ0n) is 12.4. The summed E-state index contributed by atoms with van der Waals surface area (Å²) in [5.41, 5.74) is 0.198. The van der Waals surface area contributed by atoms with Gasteiger partial charge in [0.1, 0.15) is 5.54 Å². The molecule has 0 saturated carbocycles. The quantitative estimate of drug-likeness (QED) is 0.375. The minimum Gasteiger partial charge on any atom is -0.324 e. The maximum absolute atomic E-state index is 12.0. The number of hydrogen-bond donors (Lipinski definition) is 1. The molecule has 22 heavy (non-hydrogen) atoms. The Balaban J connectivity index is 1.79. The van der Waals surface area contributed by atoms with Crippen molar-refractivity contribution in [2.45, 2.75) is 25.1 Å². The number of nitrogens with one attached hydrogen (secondary N) is 1. The zero-order valence-corrected chi connectivity index (χ0v) is 13.2. The van der Waals surface area contributed by atoms with Crippen molar-refractivity contribution >= 4 is 29.4 Å². The van der Waals surface area contributed by atoms with Gasteiger partial charge in [-0.05, 0) is 19.4 Å². The first-order chi connectivity index (χ1) is 10.3. The number of nitrogens with zero attached hydrogens (tertiary/aromatic N) is 2. The first kappa shape index (κ1) is 16.3. The van der Waals surface area contributed by atoms with Crippen LogP contribution in [0.15, 0.2) is 24.3 Å². The van der Waals surface area contributed by atoms with Gasteiger partial charge in [-0.15, -0.1) is 0 Å². The summed E-state index contributed by atoms with van der Waals surface area (Å²) in [5.74, 6) is 1.07. The third kappa shape index (κ3) is 3.56. The molecular formula is C14H17N3O4S. The molecule has 0 atom stereocenters. The Morgan fingerprint density at radius 3 is 2.41 bits per heavy atom. The van der Waals surface area contributed by atoms with Crippen LogP contribution in [0.4, 0.5) is 10.5 Å². The molecule has 1 aromatic carbocycles. The fourth-order valence-corrected chi connectivity index (χ4v) is 2.96. The largest absolute Gasteiger partial charge is 0.325 e. The lowest BCUT2D eigenvalue weighted by Crippen LogP contribution is -2.40. The van der Waals surface area contributed by atoms with Gasteiger partial charge in [-0.2, -0.15) is 11.8 Å². The average Bonchev–Trinajstić information content (AvgIpc) is 2.65. The van der Waals surface area contributed by atoms with E-state index in [2.05, 4.69) is 5.32 Å². The van der Waals surface area contributed by atoms with Crippen LogP contribution in [0.25, 0.3) is 0 Å². The van der Waals surface area contributed by atoms with Gasteiger partial charge in [-0.1, -0.05) is 12.1 Å². The van der Waals surface area contributed by atoms with Crippen molar-refractivity contribution in [2.75, 3.05) is 12.3 Å². The molecule has 2 rings (SSSR count). The van der Waals surface area contributed by atoms with Crippen LogP contribution in [0, 0.1) is 10.1 Å². The fraction of sp³-hybridized carbons (Fsp3) is 0.429. The second-order valence-electron chi connectivity index (χ2n) is 5.49. The first-order valence-corrected chi connectivity index (χ1v) is 7.92. The van der Waals surface area contributed by atoms with E-state index in [1.54, 1.807) is 37.7 Å². The molecule has 1 aliphatic rings. The number of nitro groups is 1. The number of carbonyl (C=O) groups excluding carboxylic acids is 2. The number of hydrogen-bond acceptors (Lipinski definition) is 5. The van der Waals surface area contributed by atoms with Crippen LogP contribution in [-0.2, 0) is 10.5 Å². The van der Waals surface area contributed by atoms with Crippen LogP contribution in [0.5, 0.6) is 0 Å². The molecule has 0 aliphatic carbocycles. The van der Waals surface area contributed by atoms with E-state index in [0.29, 0.717) is 18.1 Å². The van der Waals surface area contributed by atoms with E-state index in [-0.39, 0.29) is 17.6 Å². The molecule has 1 saturated heterocycles. The second kappa shape index (κ2) is 6.35. The van der Waals surface area contributed by atoms with E-state index in [1.165, 1.54) is 17.0 Å². The van der Waals surface area contributed by atoms with Crippen LogP contribution < -0.4 is 5.32 Å². The number of non-ortho nitro benzene ring substituents is 1. The van der Waals surface area contributed by atoms with Gasteiger partial charge >= 0.3 is 6.03 Å². The van der Waals surface area contributed by atoms with Gasteiger partial charge in [0.25, 0.3) is 11.6 Å². The smallest absolute Gasteiger partial charge is 0.324 e. The molecule has 1 aromatic rings. The number of rotatable bonds is 6. The maximum atomic E-state index is 12.0. The summed E-state index contributed by atoms with van der Waals surface area (Å²) in [6.45, 7) is 3.71. The van der Waals surface area contributed by atoms with Gasteiger partial charge in [0.2, 0.25) is 0 Å². The van der Waals surface area contributed by atoms with Crippen molar-refractivity contribution in [3.8, 4) is 0 Å². The Kier molecular flexibility index (Phi) is 4.70. The van der Waals surface area contributed by atoms with Gasteiger partial charge in [-0.25, -0.2) is 4.79 Å². The Hall–Kier alpha value is -2.09. The van der Waals surface area contributed by atoms with Gasteiger partial charge in [0.15, 0.2) is 0 Å². The predicted molar refractivity (Wildman–Crippen MR) is 83.6 cm³/mol. The van der Waals surface area contributed by atoms with Crippen LogP contribution in [0.2, 0.25) is 0 Å². The molecule has 0 unspecified atom stereocenters. The predicted octanol–water partition coefficient (Wildman–Crippen LogP) is 2.16. The minimum atomic E-state index is -0.833. The van der Waals surface area contributed by atoms with E-state index in [9.17, 15) is 19.7 Å². The van der Waals surface area contributed by atoms with E-state index in [1.807, 2.05) is 0 Å². The van der Waals surface area contributed by atoms with Gasteiger partial charge in [0, 0.05) is 30.2 Å². The van der Waals surface area contributed by atoms with E-state index in [0.717, 1.165) is 5.56 Å². The van der Waals surface area contributed by atoms with Crippen LogP contribution in [-0.4, -0.2) is 39.6 Å². The highest BCUT2D eigenvalue weighted by molar-refractivity contribution is 7.98. The summed E-state index contributed by atoms with van der Waals surface area (Å²) in [6, 6.07) is 6.00.